The number of aryl methyl sites for hydroxylation is 1. The maximum Gasteiger partial charge on any atom is 0.269 e. The zero-order valence-electron chi connectivity index (χ0n) is 17.9. The van der Waals surface area contributed by atoms with Crippen LogP contribution < -0.4 is 0 Å². The monoisotopic (exact) mass is 441 g/mol. The van der Waals surface area contributed by atoms with E-state index in [0.29, 0.717) is 24.5 Å². The molecule has 0 saturated carbocycles. The third-order valence-corrected chi connectivity index (χ3v) is 7.53. The van der Waals surface area contributed by atoms with Gasteiger partial charge in [0.1, 0.15) is 16.4 Å². The first kappa shape index (κ1) is 21.3. The third-order valence-electron chi connectivity index (χ3n) is 5.66. The van der Waals surface area contributed by atoms with Gasteiger partial charge in [0.25, 0.3) is 5.91 Å². The number of hydrogen-bond donors (Lipinski definition) is 1. The minimum atomic E-state index is -3.79. The number of piperidine rings is 1. The summed E-state index contributed by atoms with van der Waals surface area (Å²) in [4.78, 5) is 21.8. The van der Waals surface area contributed by atoms with Crippen molar-refractivity contribution in [1.82, 2.24) is 23.7 Å². The van der Waals surface area contributed by atoms with Gasteiger partial charge in [-0.1, -0.05) is 36.8 Å². The van der Waals surface area contributed by atoms with Crippen molar-refractivity contribution in [3.63, 3.8) is 0 Å². The molecule has 1 N–H and O–H groups in total. The van der Waals surface area contributed by atoms with Gasteiger partial charge in [-0.2, -0.15) is 4.31 Å². The Balaban J connectivity index is 1.67. The number of H-pyrrole nitrogens is 1. The lowest BCUT2D eigenvalue weighted by molar-refractivity contribution is 0.0818. The zero-order chi connectivity index (χ0) is 22.2. The number of aromatic nitrogens is 3. The minimum absolute atomic E-state index is 0.127. The second-order valence-electron chi connectivity index (χ2n) is 8.05. The highest BCUT2D eigenvalue weighted by molar-refractivity contribution is 7.89. The van der Waals surface area contributed by atoms with E-state index in [-0.39, 0.29) is 16.8 Å². The largest absolute Gasteiger partial charge is 0.345 e. The fourth-order valence-electron chi connectivity index (χ4n) is 3.99. The molecule has 1 fully saturated rings. The average molecular weight is 442 g/mol. The molecule has 2 aromatic heterocycles. The van der Waals surface area contributed by atoms with Crippen LogP contribution in [-0.2, 0) is 17.1 Å². The molecule has 4 rings (SSSR count). The van der Waals surface area contributed by atoms with Crippen LogP contribution in [-0.4, -0.2) is 58.7 Å². The number of carbonyl (C=O) groups is 1. The van der Waals surface area contributed by atoms with E-state index < -0.39 is 10.0 Å². The third kappa shape index (κ3) is 4.03. The van der Waals surface area contributed by atoms with Crippen LogP contribution in [0.15, 0.2) is 53.7 Å². The molecule has 8 nitrogen and oxygen atoms in total. The van der Waals surface area contributed by atoms with Gasteiger partial charge in [-0.25, -0.2) is 13.4 Å². The maximum atomic E-state index is 13.6. The number of nitrogens with one attached hydrogen (secondary N) is 1. The Hall–Kier alpha value is -2.91. The van der Waals surface area contributed by atoms with Gasteiger partial charge in [0.05, 0.1) is 17.9 Å². The summed E-state index contributed by atoms with van der Waals surface area (Å²) >= 11 is 0. The van der Waals surface area contributed by atoms with E-state index in [1.54, 1.807) is 31.9 Å². The number of nitrogens with zero attached hydrogens (tertiary/aromatic N) is 4. The summed E-state index contributed by atoms with van der Waals surface area (Å²) in [5.41, 5.74) is 2.19. The molecule has 0 spiro atoms. The molecule has 31 heavy (non-hydrogen) atoms. The van der Waals surface area contributed by atoms with Crippen LogP contribution in [0.2, 0.25) is 0 Å². The lowest BCUT2D eigenvalue weighted by atomic mass is 10.0. The molecule has 3 aromatic rings. The van der Waals surface area contributed by atoms with E-state index in [0.717, 1.165) is 24.1 Å². The van der Waals surface area contributed by atoms with Crippen LogP contribution in [0, 0.1) is 0 Å². The van der Waals surface area contributed by atoms with Crippen molar-refractivity contribution in [2.45, 2.75) is 30.2 Å². The van der Waals surface area contributed by atoms with Crippen molar-refractivity contribution in [2.75, 3.05) is 20.6 Å². The molecule has 1 atom stereocenters. The fraction of sp³-hybridized carbons (Fsp3) is 0.364. The Morgan fingerprint density at radius 2 is 1.94 bits per heavy atom. The van der Waals surface area contributed by atoms with Gasteiger partial charge in [-0.05, 0) is 24.5 Å². The van der Waals surface area contributed by atoms with Crippen molar-refractivity contribution in [3.8, 4) is 11.3 Å². The van der Waals surface area contributed by atoms with Crippen molar-refractivity contribution in [2.24, 2.45) is 7.05 Å². The second kappa shape index (κ2) is 8.32. The molecule has 1 aliphatic heterocycles. The first-order chi connectivity index (χ1) is 14.8. The summed E-state index contributed by atoms with van der Waals surface area (Å²) in [6.07, 6.45) is 5.67. The SMILES string of the molecule is CN(C)C(=O)c1cc(S(=O)(=O)N2CCCC[C@H]2c2ncc(-c3ccccc3)[nH]2)cn1C. The number of imidazole rings is 1. The highest BCUT2D eigenvalue weighted by atomic mass is 32.2. The fourth-order valence-corrected chi connectivity index (χ4v) is 5.72. The summed E-state index contributed by atoms with van der Waals surface area (Å²) in [5.74, 6) is 0.403. The molecule has 1 amide bonds. The molecule has 0 aliphatic carbocycles. The van der Waals surface area contributed by atoms with Gasteiger partial charge >= 0.3 is 0 Å². The number of aromatic amines is 1. The smallest absolute Gasteiger partial charge is 0.269 e. The zero-order valence-corrected chi connectivity index (χ0v) is 18.8. The molecule has 3 heterocycles. The molecule has 0 radical (unpaired) electrons. The summed E-state index contributed by atoms with van der Waals surface area (Å²) in [6.45, 7) is 0.417. The topological polar surface area (TPSA) is 91.3 Å². The first-order valence-corrected chi connectivity index (χ1v) is 11.7. The normalized spacial score (nSPS) is 17.6. The van der Waals surface area contributed by atoms with Crippen LogP contribution in [0.4, 0.5) is 0 Å². The molecule has 0 unspecified atom stereocenters. The van der Waals surface area contributed by atoms with Gasteiger partial charge in [0, 0.05) is 33.9 Å². The predicted molar refractivity (Wildman–Crippen MR) is 118 cm³/mol. The van der Waals surface area contributed by atoms with Crippen molar-refractivity contribution >= 4 is 15.9 Å². The van der Waals surface area contributed by atoms with Gasteiger partial charge < -0.3 is 14.5 Å². The van der Waals surface area contributed by atoms with E-state index >= 15 is 0 Å². The summed E-state index contributed by atoms with van der Waals surface area (Å²) in [7, 11) is 1.18. The van der Waals surface area contributed by atoms with Gasteiger partial charge in [-0.15, -0.1) is 0 Å². The van der Waals surface area contributed by atoms with Gasteiger partial charge in [0.15, 0.2) is 0 Å². The Bertz CT molecular complexity index is 1180. The summed E-state index contributed by atoms with van der Waals surface area (Å²) in [6, 6.07) is 10.9. The molecule has 0 bridgehead atoms. The number of amides is 1. The summed E-state index contributed by atoms with van der Waals surface area (Å²) in [5, 5.41) is 0. The van der Waals surface area contributed by atoms with E-state index in [1.807, 2.05) is 30.3 Å². The minimum Gasteiger partial charge on any atom is -0.345 e. The predicted octanol–water partition coefficient (Wildman–Crippen LogP) is 3.03. The molecule has 9 heteroatoms. The Morgan fingerprint density at radius 3 is 2.65 bits per heavy atom. The summed E-state index contributed by atoms with van der Waals surface area (Å²) < 4.78 is 30.2. The van der Waals surface area contributed by atoms with Crippen molar-refractivity contribution in [1.29, 1.82) is 0 Å². The molecule has 164 valence electrons. The standard InChI is InChI=1S/C22H27N5O3S/c1-25(2)22(28)20-13-17(15-26(20)3)31(29,30)27-12-8-7-11-19(27)21-23-14-18(24-21)16-9-5-4-6-10-16/h4-6,9-10,13-15,19H,7-8,11-12H2,1-3H3,(H,23,24)/t19-/m0/s1. The van der Waals surface area contributed by atoms with Crippen LogP contribution in [0.1, 0.15) is 41.6 Å². The van der Waals surface area contributed by atoms with Crippen molar-refractivity contribution < 1.29 is 13.2 Å². The van der Waals surface area contributed by atoms with Gasteiger partial charge in [-0.3, -0.25) is 4.79 Å². The van der Waals surface area contributed by atoms with E-state index in [1.165, 1.54) is 21.5 Å². The number of benzene rings is 1. The second-order valence-corrected chi connectivity index (χ2v) is 9.94. The van der Waals surface area contributed by atoms with E-state index in [9.17, 15) is 13.2 Å². The Labute approximate surface area is 182 Å². The van der Waals surface area contributed by atoms with E-state index in [2.05, 4.69) is 9.97 Å². The maximum absolute atomic E-state index is 13.6. The first-order valence-electron chi connectivity index (χ1n) is 10.3. The van der Waals surface area contributed by atoms with Crippen LogP contribution in [0.5, 0.6) is 0 Å². The number of sulfonamides is 1. The Kier molecular flexibility index (Phi) is 5.72. The lowest BCUT2D eigenvalue weighted by Gasteiger charge is -2.33. The van der Waals surface area contributed by atoms with Crippen LogP contribution >= 0.6 is 0 Å². The quantitative estimate of drug-likeness (QED) is 0.659. The molecule has 1 aliphatic rings. The highest BCUT2D eigenvalue weighted by Gasteiger charge is 2.37. The number of carbonyl (C=O) groups excluding carboxylic acids is 1. The highest BCUT2D eigenvalue weighted by Crippen LogP contribution is 2.35. The lowest BCUT2D eigenvalue weighted by Crippen LogP contribution is -2.38. The molecule has 1 saturated heterocycles. The molecular formula is C22H27N5O3S. The average Bonchev–Trinajstić information content (AvgIpc) is 3.41. The number of rotatable bonds is 5. The number of hydrogen-bond acceptors (Lipinski definition) is 4. The van der Waals surface area contributed by atoms with E-state index in [4.69, 9.17) is 0 Å². The molecule has 1 aromatic carbocycles. The van der Waals surface area contributed by atoms with Gasteiger partial charge in [0.2, 0.25) is 10.0 Å². The Morgan fingerprint density at radius 1 is 1.19 bits per heavy atom. The molecular weight excluding hydrogens is 414 g/mol. The van der Waals surface area contributed by atoms with Crippen LogP contribution in [0.3, 0.4) is 0 Å². The van der Waals surface area contributed by atoms with Crippen LogP contribution in [0.25, 0.3) is 11.3 Å². The van der Waals surface area contributed by atoms with Crippen molar-refractivity contribution in [3.05, 3.63) is 60.3 Å².